The van der Waals surface area contributed by atoms with Crippen LogP contribution in [0.25, 0.3) is 0 Å². The minimum Gasteiger partial charge on any atom is -0.343 e. The van der Waals surface area contributed by atoms with Gasteiger partial charge in [0.25, 0.3) is 11.6 Å². The van der Waals surface area contributed by atoms with Crippen LogP contribution in [0.2, 0.25) is 0 Å². The zero-order chi connectivity index (χ0) is 20.9. The zero-order valence-corrected chi connectivity index (χ0v) is 16.6. The SMILES string of the molecule is CN(Cc1ccccc1[N+](=O)[O-])C(=O)CNC(=O)c1ccc(C(C)(C)C)cc1. The van der Waals surface area contributed by atoms with Gasteiger partial charge in [0.2, 0.25) is 5.91 Å². The van der Waals surface area contributed by atoms with Crippen molar-refractivity contribution >= 4 is 17.5 Å². The fourth-order valence-electron chi connectivity index (χ4n) is 2.68. The quantitative estimate of drug-likeness (QED) is 0.612. The number of nitro benzene ring substituents is 1. The average molecular weight is 383 g/mol. The van der Waals surface area contributed by atoms with Gasteiger partial charge < -0.3 is 10.2 Å². The molecular formula is C21H25N3O4. The molecule has 0 saturated heterocycles. The molecule has 7 heteroatoms. The van der Waals surface area contributed by atoms with Crippen LogP contribution in [0.3, 0.4) is 0 Å². The number of para-hydroxylation sites is 1. The Morgan fingerprint density at radius 3 is 2.25 bits per heavy atom. The van der Waals surface area contributed by atoms with E-state index in [4.69, 9.17) is 0 Å². The Balaban J connectivity index is 1.94. The number of carbonyl (C=O) groups excluding carboxylic acids is 2. The standard InChI is InChI=1S/C21H25N3O4/c1-21(2,3)17-11-9-15(10-12-17)20(26)22-13-19(25)23(4)14-16-7-5-6-8-18(16)24(27)28/h5-12H,13-14H2,1-4H3,(H,22,26). The molecule has 2 aromatic carbocycles. The van der Waals surface area contributed by atoms with E-state index in [0.29, 0.717) is 11.1 Å². The van der Waals surface area contributed by atoms with E-state index in [9.17, 15) is 19.7 Å². The van der Waals surface area contributed by atoms with Crippen molar-refractivity contribution in [3.8, 4) is 0 Å². The molecule has 0 aliphatic rings. The molecule has 0 atom stereocenters. The van der Waals surface area contributed by atoms with Crippen LogP contribution in [-0.4, -0.2) is 35.2 Å². The van der Waals surface area contributed by atoms with Crippen molar-refractivity contribution in [2.24, 2.45) is 0 Å². The van der Waals surface area contributed by atoms with Crippen LogP contribution in [0, 0.1) is 10.1 Å². The van der Waals surface area contributed by atoms with Gasteiger partial charge in [0.1, 0.15) is 0 Å². The molecule has 0 bridgehead atoms. The summed E-state index contributed by atoms with van der Waals surface area (Å²) in [6.45, 7) is 6.18. The maximum absolute atomic E-state index is 12.3. The van der Waals surface area contributed by atoms with Crippen molar-refractivity contribution in [2.75, 3.05) is 13.6 Å². The van der Waals surface area contributed by atoms with Crippen LogP contribution < -0.4 is 5.32 Å². The predicted molar refractivity (Wildman–Crippen MR) is 107 cm³/mol. The molecule has 0 aliphatic carbocycles. The first-order valence-corrected chi connectivity index (χ1v) is 8.94. The zero-order valence-electron chi connectivity index (χ0n) is 16.6. The molecule has 2 aromatic rings. The number of carbonyl (C=O) groups is 2. The number of likely N-dealkylation sites (N-methyl/N-ethyl adjacent to an activating group) is 1. The average Bonchev–Trinajstić information content (AvgIpc) is 2.65. The number of nitrogens with one attached hydrogen (secondary N) is 1. The molecule has 0 unspecified atom stereocenters. The normalized spacial score (nSPS) is 11.0. The van der Waals surface area contributed by atoms with Crippen molar-refractivity contribution in [3.05, 3.63) is 75.3 Å². The smallest absolute Gasteiger partial charge is 0.274 e. The Hall–Kier alpha value is -3.22. The Labute approximate surface area is 164 Å². The Kier molecular flexibility index (Phi) is 6.51. The lowest BCUT2D eigenvalue weighted by Gasteiger charge is -2.19. The maximum Gasteiger partial charge on any atom is 0.274 e. The largest absolute Gasteiger partial charge is 0.343 e. The van der Waals surface area contributed by atoms with Gasteiger partial charge in [-0.15, -0.1) is 0 Å². The van der Waals surface area contributed by atoms with Gasteiger partial charge in [-0.3, -0.25) is 19.7 Å². The van der Waals surface area contributed by atoms with E-state index in [1.165, 1.54) is 11.0 Å². The molecule has 0 aromatic heterocycles. The second-order valence-corrected chi connectivity index (χ2v) is 7.65. The lowest BCUT2D eigenvalue weighted by molar-refractivity contribution is -0.385. The van der Waals surface area contributed by atoms with Crippen molar-refractivity contribution in [2.45, 2.75) is 32.7 Å². The molecule has 0 spiro atoms. The van der Waals surface area contributed by atoms with E-state index >= 15 is 0 Å². The van der Waals surface area contributed by atoms with Crippen molar-refractivity contribution in [1.29, 1.82) is 0 Å². The summed E-state index contributed by atoms with van der Waals surface area (Å²) in [5, 5.41) is 13.7. The summed E-state index contributed by atoms with van der Waals surface area (Å²) in [5.41, 5.74) is 1.98. The highest BCUT2D eigenvalue weighted by molar-refractivity contribution is 5.96. The van der Waals surface area contributed by atoms with Gasteiger partial charge in [-0.2, -0.15) is 0 Å². The molecule has 148 valence electrons. The molecule has 0 heterocycles. The molecule has 2 rings (SSSR count). The van der Waals surface area contributed by atoms with Gasteiger partial charge in [0.05, 0.1) is 18.0 Å². The predicted octanol–water partition coefficient (Wildman–Crippen LogP) is 3.28. The minimum absolute atomic E-state index is 0.00622. The van der Waals surface area contributed by atoms with E-state index in [2.05, 4.69) is 26.1 Å². The number of nitro groups is 1. The van der Waals surface area contributed by atoms with Gasteiger partial charge in [0.15, 0.2) is 0 Å². The highest BCUT2D eigenvalue weighted by Gasteiger charge is 2.18. The summed E-state index contributed by atoms with van der Waals surface area (Å²) in [6.07, 6.45) is 0. The first-order chi connectivity index (χ1) is 13.1. The number of hydrogen-bond donors (Lipinski definition) is 1. The van der Waals surface area contributed by atoms with Gasteiger partial charge in [-0.1, -0.05) is 51.1 Å². The van der Waals surface area contributed by atoms with Crippen LogP contribution in [0.4, 0.5) is 5.69 Å². The Morgan fingerprint density at radius 2 is 1.68 bits per heavy atom. The number of rotatable bonds is 6. The maximum atomic E-state index is 12.3. The van der Waals surface area contributed by atoms with Crippen molar-refractivity contribution in [3.63, 3.8) is 0 Å². The van der Waals surface area contributed by atoms with Gasteiger partial charge in [0, 0.05) is 24.2 Å². The highest BCUT2D eigenvalue weighted by atomic mass is 16.6. The lowest BCUT2D eigenvalue weighted by atomic mass is 9.87. The fraction of sp³-hybridized carbons (Fsp3) is 0.333. The van der Waals surface area contributed by atoms with Crippen LogP contribution in [0.5, 0.6) is 0 Å². The third kappa shape index (κ3) is 5.39. The second-order valence-electron chi connectivity index (χ2n) is 7.65. The summed E-state index contributed by atoms with van der Waals surface area (Å²) >= 11 is 0. The summed E-state index contributed by atoms with van der Waals surface area (Å²) in [5.74, 6) is -0.675. The number of benzene rings is 2. The van der Waals surface area contributed by atoms with E-state index in [1.807, 2.05) is 12.1 Å². The molecule has 0 fully saturated rings. The summed E-state index contributed by atoms with van der Waals surface area (Å²) in [4.78, 5) is 36.5. The Morgan fingerprint density at radius 1 is 1.07 bits per heavy atom. The summed E-state index contributed by atoms with van der Waals surface area (Å²) < 4.78 is 0. The van der Waals surface area contributed by atoms with Crippen LogP contribution in [-0.2, 0) is 16.8 Å². The summed E-state index contributed by atoms with van der Waals surface area (Å²) in [7, 11) is 1.54. The first-order valence-electron chi connectivity index (χ1n) is 8.94. The van der Waals surface area contributed by atoms with E-state index in [1.54, 1.807) is 37.4 Å². The lowest BCUT2D eigenvalue weighted by Crippen LogP contribution is -2.37. The van der Waals surface area contributed by atoms with Gasteiger partial charge in [-0.25, -0.2) is 0 Å². The van der Waals surface area contributed by atoms with Crippen molar-refractivity contribution in [1.82, 2.24) is 10.2 Å². The molecule has 0 saturated carbocycles. The van der Waals surface area contributed by atoms with Crippen LogP contribution in [0.15, 0.2) is 48.5 Å². The molecule has 0 radical (unpaired) electrons. The van der Waals surface area contributed by atoms with Crippen molar-refractivity contribution < 1.29 is 14.5 Å². The monoisotopic (exact) mass is 383 g/mol. The molecular weight excluding hydrogens is 358 g/mol. The van der Waals surface area contributed by atoms with Crippen LogP contribution >= 0.6 is 0 Å². The van der Waals surface area contributed by atoms with Gasteiger partial charge in [-0.05, 0) is 23.1 Å². The molecule has 28 heavy (non-hydrogen) atoms. The molecule has 7 nitrogen and oxygen atoms in total. The third-order valence-electron chi connectivity index (χ3n) is 4.43. The molecule has 0 aliphatic heterocycles. The first kappa shape index (κ1) is 21.1. The minimum atomic E-state index is -0.476. The third-order valence-corrected chi connectivity index (χ3v) is 4.43. The van der Waals surface area contributed by atoms with E-state index in [-0.39, 0.29) is 36.0 Å². The fourth-order valence-corrected chi connectivity index (χ4v) is 2.68. The van der Waals surface area contributed by atoms with Gasteiger partial charge >= 0.3 is 0 Å². The number of amides is 2. The van der Waals surface area contributed by atoms with E-state index in [0.717, 1.165) is 5.56 Å². The van der Waals surface area contributed by atoms with E-state index < -0.39 is 4.92 Å². The molecule has 2 amide bonds. The topological polar surface area (TPSA) is 92.5 Å². The summed E-state index contributed by atoms with van der Waals surface area (Å²) in [6, 6.07) is 13.5. The number of nitrogens with zero attached hydrogens (tertiary/aromatic N) is 2. The highest BCUT2D eigenvalue weighted by Crippen LogP contribution is 2.22. The molecule has 1 N–H and O–H groups in total. The Bertz CT molecular complexity index is 870. The van der Waals surface area contributed by atoms with Crippen LogP contribution in [0.1, 0.15) is 42.3 Å². The second kappa shape index (κ2) is 8.65. The number of hydrogen-bond acceptors (Lipinski definition) is 4.